The number of methoxy groups -OCH3 is 1. The Bertz CT molecular complexity index is 1690. The predicted octanol–water partition coefficient (Wildman–Crippen LogP) is 7.31. The number of fused-ring (bicyclic) bond motifs is 2. The third-order valence-corrected chi connectivity index (χ3v) is 9.94. The van der Waals surface area contributed by atoms with Crippen molar-refractivity contribution >= 4 is 44.6 Å². The van der Waals surface area contributed by atoms with Gasteiger partial charge in [0.15, 0.2) is 7.14 Å². The lowest BCUT2D eigenvalue weighted by molar-refractivity contribution is 0.420. The summed E-state index contributed by atoms with van der Waals surface area (Å²) in [5.41, 5.74) is 2.11. The molecule has 3 heteroatoms. The van der Waals surface area contributed by atoms with Crippen LogP contribution in [-0.2, 0) is 4.57 Å². The second kappa shape index (κ2) is 9.15. The van der Waals surface area contributed by atoms with E-state index in [2.05, 4.69) is 48.5 Å². The molecule has 0 heterocycles. The first-order valence-corrected chi connectivity index (χ1v) is 13.7. The van der Waals surface area contributed by atoms with Crippen LogP contribution in [0.4, 0.5) is 0 Å². The van der Waals surface area contributed by atoms with E-state index in [1.165, 1.54) is 0 Å². The molecule has 0 saturated heterocycles. The molecule has 36 heavy (non-hydrogen) atoms. The normalized spacial score (nSPS) is 11.6. The lowest BCUT2D eigenvalue weighted by atomic mass is 9.93. The van der Waals surface area contributed by atoms with Crippen LogP contribution in [0.5, 0.6) is 5.75 Å². The maximum absolute atomic E-state index is 15.4. The minimum absolute atomic E-state index is 0.826. The number of hydrogen-bond acceptors (Lipinski definition) is 2. The van der Waals surface area contributed by atoms with Gasteiger partial charge in [0.05, 0.1) is 7.11 Å². The van der Waals surface area contributed by atoms with Crippen LogP contribution in [-0.4, -0.2) is 7.11 Å². The average molecular weight is 485 g/mol. The Labute approximate surface area is 211 Å². The van der Waals surface area contributed by atoms with Gasteiger partial charge in [-0.15, -0.1) is 0 Å². The molecule has 0 N–H and O–H groups in total. The zero-order chi connectivity index (χ0) is 24.5. The van der Waals surface area contributed by atoms with Crippen molar-refractivity contribution in [3.05, 3.63) is 133 Å². The van der Waals surface area contributed by atoms with Gasteiger partial charge < -0.3 is 9.30 Å². The highest BCUT2D eigenvalue weighted by Crippen LogP contribution is 2.47. The van der Waals surface area contributed by atoms with Gasteiger partial charge >= 0.3 is 0 Å². The number of hydrogen-bond donors (Lipinski definition) is 0. The number of benzene rings is 6. The summed E-state index contributed by atoms with van der Waals surface area (Å²) in [5, 5.41) is 6.73. The summed E-state index contributed by atoms with van der Waals surface area (Å²) in [6.45, 7) is 0. The molecule has 0 aromatic heterocycles. The first-order chi connectivity index (χ1) is 17.7. The van der Waals surface area contributed by atoms with Gasteiger partial charge in [-0.3, -0.25) is 0 Å². The zero-order valence-electron chi connectivity index (χ0n) is 20.0. The van der Waals surface area contributed by atoms with Crippen LogP contribution in [0.3, 0.4) is 0 Å². The fourth-order valence-electron chi connectivity index (χ4n) is 5.21. The lowest BCUT2D eigenvalue weighted by Crippen LogP contribution is -2.25. The van der Waals surface area contributed by atoms with Crippen molar-refractivity contribution in [1.82, 2.24) is 0 Å². The summed E-state index contributed by atoms with van der Waals surface area (Å²) < 4.78 is 21.2. The Kier molecular flexibility index (Phi) is 5.68. The molecule has 0 amide bonds. The second-order valence-corrected chi connectivity index (χ2v) is 11.6. The molecule has 0 aliphatic carbocycles. The molecule has 0 radical (unpaired) electrons. The van der Waals surface area contributed by atoms with Gasteiger partial charge in [0.2, 0.25) is 0 Å². The molecule has 174 valence electrons. The van der Waals surface area contributed by atoms with Crippen LogP contribution < -0.4 is 20.7 Å². The molecule has 0 spiro atoms. The topological polar surface area (TPSA) is 26.3 Å². The van der Waals surface area contributed by atoms with E-state index in [0.717, 1.165) is 54.3 Å². The zero-order valence-corrected chi connectivity index (χ0v) is 20.9. The summed E-state index contributed by atoms with van der Waals surface area (Å²) in [6, 6.07) is 44.6. The molecule has 6 rings (SSSR count). The maximum Gasteiger partial charge on any atom is 0.171 e. The molecule has 0 atom stereocenters. The first kappa shape index (κ1) is 22.3. The molecule has 0 saturated carbocycles. The highest BCUT2D eigenvalue weighted by atomic mass is 31.2. The molecular weight excluding hydrogens is 459 g/mol. The summed E-state index contributed by atoms with van der Waals surface area (Å²) in [4.78, 5) is 0. The predicted molar refractivity (Wildman–Crippen MR) is 153 cm³/mol. The van der Waals surface area contributed by atoms with Crippen LogP contribution >= 0.6 is 7.14 Å². The van der Waals surface area contributed by atoms with Crippen molar-refractivity contribution in [3.8, 4) is 16.9 Å². The number of rotatable bonds is 5. The van der Waals surface area contributed by atoms with Crippen LogP contribution in [0, 0.1) is 0 Å². The average Bonchev–Trinajstić information content (AvgIpc) is 2.96. The van der Waals surface area contributed by atoms with Crippen molar-refractivity contribution in [1.29, 1.82) is 0 Å². The Hall–Kier alpha value is -4.13. The highest BCUT2D eigenvalue weighted by molar-refractivity contribution is 7.85. The van der Waals surface area contributed by atoms with Gasteiger partial charge in [0.25, 0.3) is 0 Å². The third kappa shape index (κ3) is 3.54. The second-order valence-electron chi connectivity index (χ2n) is 8.83. The monoisotopic (exact) mass is 484 g/mol. The van der Waals surface area contributed by atoms with Gasteiger partial charge in [-0.25, -0.2) is 0 Å². The van der Waals surface area contributed by atoms with Gasteiger partial charge in [-0.2, -0.15) is 0 Å². The smallest absolute Gasteiger partial charge is 0.171 e. The number of ether oxygens (including phenoxy) is 1. The summed E-state index contributed by atoms with van der Waals surface area (Å²) in [5.74, 6) is 0.826. The lowest BCUT2D eigenvalue weighted by Gasteiger charge is -2.23. The van der Waals surface area contributed by atoms with Crippen molar-refractivity contribution in [2.24, 2.45) is 0 Å². The van der Waals surface area contributed by atoms with Crippen molar-refractivity contribution in [3.63, 3.8) is 0 Å². The quantitative estimate of drug-likeness (QED) is 0.240. The van der Waals surface area contributed by atoms with Crippen LogP contribution in [0.15, 0.2) is 133 Å². The van der Waals surface area contributed by atoms with Crippen LogP contribution in [0.25, 0.3) is 32.7 Å². The maximum atomic E-state index is 15.4. The van der Waals surface area contributed by atoms with E-state index in [1.807, 2.05) is 84.9 Å². The van der Waals surface area contributed by atoms with Crippen LogP contribution in [0.2, 0.25) is 0 Å². The Morgan fingerprint density at radius 3 is 1.53 bits per heavy atom. The third-order valence-electron chi connectivity index (χ3n) is 6.84. The molecule has 0 unspecified atom stereocenters. The SMILES string of the molecule is COc1cccc2cccc(-c3cccc4cccc(P(=O)(c5ccccc5)c5ccccc5)c34)c12. The minimum atomic E-state index is -3.18. The molecule has 0 aliphatic heterocycles. The molecule has 6 aromatic rings. The Balaban J connectivity index is 1.75. The van der Waals surface area contributed by atoms with E-state index < -0.39 is 7.14 Å². The molecule has 0 bridgehead atoms. The van der Waals surface area contributed by atoms with E-state index in [1.54, 1.807) is 7.11 Å². The summed E-state index contributed by atoms with van der Waals surface area (Å²) >= 11 is 0. The van der Waals surface area contributed by atoms with Crippen LogP contribution in [0.1, 0.15) is 0 Å². The van der Waals surface area contributed by atoms with E-state index in [-0.39, 0.29) is 0 Å². The van der Waals surface area contributed by atoms with Crippen molar-refractivity contribution in [2.75, 3.05) is 7.11 Å². The largest absolute Gasteiger partial charge is 0.496 e. The first-order valence-electron chi connectivity index (χ1n) is 12.0. The van der Waals surface area contributed by atoms with Gasteiger partial charge in [0, 0.05) is 26.7 Å². The molecule has 0 fully saturated rings. The van der Waals surface area contributed by atoms with Gasteiger partial charge in [0.1, 0.15) is 5.75 Å². The standard InChI is InChI=1S/C33H25O2P/c1-35-30-22-10-14-24-12-8-20-28(32(24)30)29-21-9-13-25-15-11-23-31(33(25)29)36(34,26-16-4-2-5-17-26)27-18-6-3-7-19-27/h2-23H,1H3. The van der Waals surface area contributed by atoms with Crippen molar-refractivity contribution in [2.45, 2.75) is 0 Å². The fourth-order valence-corrected chi connectivity index (χ4v) is 8.11. The van der Waals surface area contributed by atoms with E-state index in [9.17, 15) is 0 Å². The Morgan fingerprint density at radius 1 is 0.500 bits per heavy atom. The highest BCUT2D eigenvalue weighted by Gasteiger charge is 2.32. The van der Waals surface area contributed by atoms with Crippen molar-refractivity contribution < 1.29 is 9.30 Å². The van der Waals surface area contributed by atoms with E-state index in [0.29, 0.717) is 0 Å². The fraction of sp³-hybridized carbons (Fsp3) is 0.0303. The van der Waals surface area contributed by atoms with Gasteiger partial charge in [-0.05, 0) is 28.0 Å². The molecule has 0 aliphatic rings. The Morgan fingerprint density at radius 2 is 0.972 bits per heavy atom. The van der Waals surface area contributed by atoms with Gasteiger partial charge in [-0.1, -0.05) is 127 Å². The molecule has 2 nitrogen and oxygen atoms in total. The summed E-state index contributed by atoms with van der Waals surface area (Å²) in [6.07, 6.45) is 0. The summed E-state index contributed by atoms with van der Waals surface area (Å²) in [7, 11) is -1.47. The minimum Gasteiger partial charge on any atom is -0.496 e. The molecular formula is C33H25O2P. The van der Waals surface area contributed by atoms with E-state index in [4.69, 9.17) is 4.74 Å². The van der Waals surface area contributed by atoms with E-state index >= 15 is 4.57 Å². The molecule has 6 aromatic carbocycles.